The van der Waals surface area contributed by atoms with Crippen LogP contribution in [0.3, 0.4) is 0 Å². The zero-order valence-electron chi connectivity index (χ0n) is 20.2. The molecule has 0 aromatic heterocycles. The number of carbonyl (C=O) groups is 2. The van der Waals surface area contributed by atoms with Gasteiger partial charge in [-0.1, -0.05) is 32.9 Å². The molecule has 1 atom stereocenters. The largest absolute Gasteiger partial charge is 0.449 e. The van der Waals surface area contributed by atoms with E-state index < -0.39 is 38.3 Å². The molecule has 0 spiro atoms. The maximum atomic E-state index is 12.6. The zero-order chi connectivity index (χ0) is 26.0. The van der Waals surface area contributed by atoms with Crippen LogP contribution in [-0.2, 0) is 25.0 Å². The van der Waals surface area contributed by atoms with Gasteiger partial charge in [-0.25, -0.2) is 17.5 Å². The summed E-state index contributed by atoms with van der Waals surface area (Å²) in [6.07, 6.45) is -1.25. The maximum Gasteiger partial charge on any atom is 0.339 e. The first-order valence-corrected chi connectivity index (χ1v) is 11.8. The first kappa shape index (κ1) is 26.9. The van der Waals surface area contributed by atoms with Gasteiger partial charge in [0.2, 0.25) is 10.0 Å². The standard InChI is InChI=1S/C23H29N3O7S/c1-14-8-10-17(34(31,32)25(6)7)13-19(14)24-21(27)15(2)33-22(28)16-9-11-18(23(3,4)5)20(12-16)26(29)30/h8-13,15H,1-7H3,(H,24,27). The topological polar surface area (TPSA) is 136 Å². The van der Waals surface area contributed by atoms with Crippen LogP contribution in [0.1, 0.15) is 49.2 Å². The Morgan fingerprint density at radius 1 is 1.12 bits per heavy atom. The van der Waals surface area contributed by atoms with Crippen LogP contribution in [0.5, 0.6) is 0 Å². The lowest BCUT2D eigenvalue weighted by Crippen LogP contribution is -2.30. The van der Waals surface area contributed by atoms with Crippen LogP contribution >= 0.6 is 0 Å². The lowest BCUT2D eigenvalue weighted by Gasteiger charge is -2.19. The number of nitrogens with zero attached hydrogens (tertiary/aromatic N) is 2. The first-order valence-electron chi connectivity index (χ1n) is 10.4. The van der Waals surface area contributed by atoms with E-state index in [1.807, 2.05) is 20.8 Å². The highest BCUT2D eigenvalue weighted by molar-refractivity contribution is 7.89. The van der Waals surface area contributed by atoms with Gasteiger partial charge in [0.05, 0.1) is 15.4 Å². The summed E-state index contributed by atoms with van der Waals surface area (Å²) >= 11 is 0. The number of nitro benzene ring substituents is 1. The van der Waals surface area contributed by atoms with Crippen molar-refractivity contribution in [1.82, 2.24) is 4.31 Å². The number of hydrogen-bond acceptors (Lipinski definition) is 7. The number of hydrogen-bond donors (Lipinski definition) is 1. The average Bonchev–Trinajstić information content (AvgIpc) is 2.73. The molecule has 0 saturated carbocycles. The third-order valence-electron chi connectivity index (χ3n) is 5.14. The molecule has 0 aliphatic rings. The third-order valence-corrected chi connectivity index (χ3v) is 6.95. The number of carbonyl (C=O) groups excluding carboxylic acids is 2. The predicted molar refractivity (Wildman–Crippen MR) is 127 cm³/mol. The summed E-state index contributed by atoms with van der Waals surface area (Å²) in [5, 5.41) is 14.1. The molecule has 0 radical (unpaired) electrons. The minimum atomic E-state index is -3.71. The van der Waals surface area contributed by atoms with Crippen molar-refractivity contribution in [3.63, 3.8) is 0 Å². The highest BCUT2D eigenvalue weighted by atomic mass is 32.2. The second kappa shape index (κ2) is 9.90. The van der Waals surface area contributed by atoms with Crippen molar-refractivity contribution >= 4 is 33.3 Å². The quantitative estimate of drug-likeness (QED) is 0.355. The van der Waals surface area contributed by atoms with Crippen molar-refractivity contribution < 1.29 is 27.7 Å². The number of sulfonamides is 1. The fraction of sp³-hybridized carbons (Fsp3) is 0.391. The highest BCUT2D eigenvalue weighted by Crippen LogP contribution is 2.32. The number of esters is 1. The number of rotatable bonds is 7. The Bertz CT molecular complexity index is 1230. The molecule has 34 heavy (non-hydrogen) atoms. The summed E-state index contributed by atoms with van der Waals surface area (Å²) in [6.45, 7) is 8.50. The van der Waals surface area contributed by atoms with Crippen molar-refractivity contribution in [3.8, 4) is 0 Å². The SMILES string of the molecule is Cc1ccc(S(=O)(=O)N(C)C)cc1NC(=O)C(C)OC(=O)c1ccc(C(C)(C)C)c([N+](=O)[O-])c1. The first-order chi connectivity index (χ1) is 15.6. The van der Waals surface area contributed by atoms with E-state index in [9.17, 15) is 28.1 Å². The molecule has 0 fully saturated rings. The predicted octanol–water partition coefficient (Wildman–Crippen LogP) is 3.64. The molecule has 1 N–H and O–H groups in total. The second-order valence-electron chi connectivity index (χ2n) is 9.04. The number of aryl methyl sites for hydroxylation is 1. The van der Waals surface area contributed by atoms with Crippen molar-refractivity contribution in [2.75, 3.05) is 19.4 Å². The summed E-state index contributed by atoms with van der Waals surface area (Å²) < 4.78 is 31.0. The van der Waals surface area contributed by atoms with E-state index in [0.29, 0.717) is 11.1 Å². The van der Waals surface area contributed by atoms with Gasteiger partial charge in [-0.15, -0.1) is 0 Å². The monoisotopic (exact) mass is 491 g/mol. The summed E-state index contributed by atoms with van der Waals surface area (Å²) in [6, 6.07) is 8.36. The number of nitrogens with one attached hydrogen (secondary N) is 1. The molecule has 10 nitrogen and oxygen atoms in total. The molecule has 0 saturated heterocycles. The molecular formula is C23H29N3O7S. The van der Waals surface area contributed by atoms with E-state index in [1.54, 1.807) is 13.0 Å². The summed E-state index contributed by atoms with van der Waals surface area (Å²) in [7, 11) is -0.919. The summed E-state index contributed by atoms with van der Waals surface area (Å²) in [5.41, 5.74) is 0.537. The minimum Gasteiger partial charge on any atom is -0.449 e. The fourth-order valence-electron chi connectivity index (χ4n) is 3.07. The molecule has 11 heteroatoms. The maximum absolute atomic E-state index is 12.6. The molecule has 2 rings (SSSR count). The van der Waals surface area contributed by atoms with E-state index in [-0.39, 0.29) is 21.8 Å². The number of amides is 1. The van der Waals surface area contributed by atoms with Gasteiger partial charge in [0.25, 0.3) is 11.6 Å². The summed E-state index contributed by atoms with van der Waals surface area (Å²) in [4.78, 5) is 36.1. The van der Waals surface area contributed by atoms with Gasteiger partial charge in [0.15, 0.2) is 6.10 Å². The molecule has 2 aromatic rings. The molecule has 0 bridgehead atoms. The Morgan fingerprint density at radius 2 is 1.74 bits per heavy atom. The Hall–Kier alpha value is -3.31. The van der Waals surface area contributed by atoms with Crippen molar-refractivity contribution in [1.29, 1.82) is 0 Å². The number of anilines is 1. The molecular weight excluding hydrogens is 462 g/mol. The van der Waals surface area contributed by atoms with Gasteiger partial charge in [-0.05, 0) is 43.0 Å². The van der Waals surface area contributed by atoms with E-state index in [1.165, 1.54) is 45.3 Å². The lowest BCUT2D eigenvalue weighted by molar-refractivity contribution is -0.386. The van der Waals surface area contributed by atoms with Crippen molar-refractivity contribution in [2.45, 2.75) is 51.0 Å². The third kappa shape index (κ3) is 5.97. The summed E-state index contributed by atoms with van der Waals surface area (Å²) in [5.74, 6) is -1.58. The Morgan fingerprint density at radius 3 is 2.26 bits per heavy atom. The lowest BCUT2D eigenvalue weighted by atomic mass is 9.85. The van der Waals surface area contributed by atoms with E-state index in [4.69, 9.17) is 4.74 Å². The van der Waals surface area contributed by atoms with E-state index >= 15 is 0 Å². The molecule has 184 valence electrons. The molecule has 0 aliphatic carbocycles. The normalized spacial score (nSPS) is 12.8. The van der Waals surface area contributed by atoms with Crippen LogP contribution in [0.25, 0.3) is 0 Å². The molecule has 1 unspecified atom stereocenters. The van der Waals surface area contributed by atoms with E-state index in [0.717, 1.165) is 10.4 Å². The number of benzene rings is 2. The minimum absolute atomic E-state index is 0.00528. The fourth-order valence-corrected chi connectivity index (χ4v) is 4.00. The molecule has 2 aromatic carbocycles. The van der Waals surface area contributed by atoms with Crippen LogP contribution in [0.4, 0.5) is 11.4 Å². The Labute approximate surface area is 199 Å². The van der Waals surface area contributed by atoms with Crippen molar-refractivity contribution in [2.24, 2.45) is 0 Å². The Kier molecular flexibility index (Phi) is 7.84. The van der Waals surface area contributed by atoms with Crippen LogP contribution in [0.2, 0.25) is 0 Å². The number of nitro groups is 1. The molecule has 0 heterocycles. The van der Waals surface area contributed by atoms with Crippen LogP contribution in [-0.4, -0.2) is 49.7 Å². The molecule has 0 aliphatic heterocycles. The second-order valence-corrected chi connectivity index (χ2v) is 11.2. The van der Waals surface area contributed by atoms with Crippen LogP contribution < -0.4 is 5.32 Å². The zero-order valence-corrected chi connectivity index (χ0v) is 21.0. The molecule has 1 amide bonds. The van der Waals surface area contributed by atoms with Gasteiger partial charge < -0.3 is 10.1 Å². The van der Waals surface area contributed by atoms with Gasteiger partial charge in [0.1, 0.15) is 0 Å². The Balaban J connectivity index is 2.22. The average molecular weight is 492 g/mol. The van der Waals surface area contributed by atoms with Crippen LogP contribution in [0.15, 0.2) is 41.3 Å². The van der Waals surface area contributed by atoms with Gasteiger partial charge in [-0.3, -0.25) is 14.9 Å². The number of ether oxygens (including phenoxy) is 1. The van der Waals surface area contributed by atoms with Crippen molar-refractivity contribution in [3.05, 3.63) is 63.2 Å². The van der Waals surface area contributed by atoms with Gasteiger partial charge >= 0.3 is 5.97 Å². The highest BCUT2D eigenvalue weighted by Gasteiger charge is 2.28. The van der Waals surface area contributed by atoms with Gasteiger partial charge in [0, 0.05) is 31.4 Å². The smallest absolute Gasteiger partial charge is 0.339 e. The van der Waals surface area contributed by atoms with Gasteiger partial charge in [-0.2, -0.15) is 0 Å². The van der Waals surface area contributed by atoms with Crippen LogP contribution in [0, 0.1) is 17.0 Å². The van der Waals surface area contributed by atoms with E-state index in [2.05, 4.69) is 5.32 Å².